The van der Waals surface area contributed by atoms with Gasteiger partial charge >= 0.3 is 0 Å². The third-order valence-corrected chi connectivity index (χ3v) is 6.83. The maximum Gasteiger partial charge on any atom is -0.00828 e. The molecule has 0 amide bonds. The Morgan fingerprint density at radius 2 is 1.79 bits per heavy atom. The van der Waals surface area contributed by atoms with Gasteiger partial charge in [0.05, 0.1) is 0 Å². The van der Waals surface area contributed by atoms with Gasteiger partial charge < -0.3 is 0 Å². The minimum atomic E-state index is 0.538. The number of hydrogen-bond acceptors (Lipinski definition) is 0. The lowest BCUT2D eigenvalue weighted by Gasteiger charge is -2.52. The molecule has 0 aromatic carbocycles. The van der Waals surface area contributed by atoms with E-state index in [2.05, 4.69) is 33.8 Å². The van der Waals surface area contributed by atoms with Gasteiger partial charge in [-0.25, -0.2) is 0 Å². The summed E-state index contributed by atoms with van der Waals surface area (Å²) in [6.45, 7) is 10.1. The van der Waals surface area contributed by atoms with Crippen LogP contribution in [0.4, 0.5) is 0 Å². The van der Waals surface area contributed by atoms with Crippen molar-refractivity contribution in [2.45, 2.75) is 79.1 Å². The number of hydrogen-bond donors (Lipinski definition) is 0. The molecule has 3 aliphatic rings. The average molecular weight is 260 g/mol. The van der Waals surface area contributed by atoms with Gasteiger partial charge in [0, 0.05) is 0 Å². The number of allylic oxidation sites excluding steroid dienone is 2. The van der Waals surface area contributed by atoms with Gasteiger partial charge in [-0.05, 0) is 67.1 Å². The summed E-state index contributed by atoms with van der Waals surface area (Å²) in [6.07, 6.45) is 14.3. The van der Waals surface area contributed by atoms with E-state index in [0.717, 1.165) is 17.8 Å². The second-order valence-corrected chi connectivity index (χ2v) is 8.73. The summed E-state index contributed by atoms with van der Waals surface area (Å²) in [6, 6.07) is 0. The lowest BCUT2D eigenvalue weighted by atomic mass is 9.52. The summed E-state index contributed by atoms with van der Waals surface area (Å²) < 4.78 is 0. The van der Waals surface area contributed by atoms with Crippen molar-refractivity contribution in [3.05, 3.63) is 11.6 Å². The van der Waals surface area contributed by atoms with Crippen molar-refractivity contribution in [1.29, 1.82) is 0 Å². The fourth-order valence-electron chi connectivity index (χ4n) is 5.52. The lowest BCUT2D eigenvalue weighted by molar-refractivity contribution is 0.0503. The Labute approximate surface area is 120 Å². The molecule has 0 nitrogen and oxygen atoms in total. The normalized spacial score (nSPS) is 45.7. The molecule has 4 unspecified atom stereocenters. The van der Waals surface area contributed by atoms with Crippen LogP contribution in [0, 0.1) is 28.6 Å². The molecule has 0 heterocycles. The highest BCUT2D eigenvalue weighted by Gasteiger charge is 2.48. The Bertz CT molecular complexity index is 375. The summed E-state index contributed by atoms with van der Waals surface area (Å²) in [7, 11) is 0. The van der Waals surface area contributed by atoms with Crippen LogP contribution in [0.2, 0.25) is 0 Å². The van der Waals surface area contributed by atoms with E-state index < -0.39 is 0 Å². The van der Waals surface area contributed by atoms with Crippen LogP contribution in [0.5, 0.6) is 0 Å². The Balaban J connectivity index is 1.94. The van der Waals surface area contributed by atoms with Gasteiger partial charge in [0.1, 0.15) is 0 Å². The van der Waals surface area contributed by atoms with Crippen molar-refractivity contribution < 1.29 is 0 Å². The Morgan fingerprint density at radius 3 is 2.58 bits per heavy atom. The summed E-state index contributed by atoms with van der Waals surface area (Å²) in [5.41, 5.74) is 2.98. The Morgan fingerprint density at radius 1 is 1.00 bits per heavy atom. The average Bonchev–Trinajstić information content (AvgIpc) is 2.49. The molecule has 3 aliphatic carbocycles. The van der Waals surface area contributed by atoms with Crippen molar-refractivity contribution in [2.75, 3.05) is 0 Å². The molecule has 0 spiro atoms. The van der Waals surface area contributed by atoms with Gasteiger partial charge in [0.25, 0.3) is 0 Å². The van der Waals surface area contributed by atoms with Gasteiger partial charge in [0.15, 0.2) is 0 Å². The van der Waals surface area contributed by atoms with E-state index in [1.54, 1.807) is 0 Å². The second-order valence-electron chi connectivity index (χ2n) is 8.73. The van der Waals surface area contributed by atoms with Crippen LogP contribution in [-0.4, -0.2) is 0 Å². The van der Waals surface area contributed by atoms with E-state index in [1.165, 1.54) is 51.4 Å². The first kappa shape index (κ1) is 13.7. The maximum atomic E-state index is 2.70. The molecule has 0 aromatic rings. The van der Waals surface area contributed by atoms with E-state index in [0.29, 0.717) is 10.8 Å². The van der Waals surface area contributed by atoms with Crippen LogP contribution in [-0.2, 0) is 0 Å². The van der Waals surface area contributed by atoms with Gasteiger partial charge in [-0.2, -0.15) is 0 Å². The van der Waals surface area contributed by atoms with E-state index in [4.69, 9.17) is 0 Å². The van der Waals surface area contributed by atoms with Gasteiger partial charge in [0.2, 0.25) is 0 Å². The van der Waals surface area contributed by atoms with Crippen LogP contribution in [0.25, 0.3) is 0 Å². The molecule has 108 valence electrons. The fourth-order valence-corrected chi connectivity index (χ4v) is 5.52. The lowest BCUT2D eigenvalue weighted by Crippen LogP contribution is -2.43. The van der Waals surface area contributed by atoms with E-state index >= 15 is 0 Å². The highest BCUT2D eigenvalue weighted by Crippen LogP contribution is 2.59. The largest absolute Gasteiger partial charge is 0.0840 e. The molecular formula is C19H32. The standard InChI is InChI=1S/C19H32/c1-14-6-5-11-19(4)16(14)8-7-15-9-12-18(2,3)13-10-17(15)19/h10,14-16H,5-9,11-13H2,1-4H3. The molecular weight excluding hydrogens is 228 g/mol. The van der Waals surface area contributed by atoms with Crippen LogP contribution in [0.1, 0.15) is 79.1 Å². The minimum absolute atomic E-state index is 0.538. The first-order valence-electron chi connectivity index (χ1n) is 8.63. The SMILES string of the molecule is CC1CCCC2(C)C3=CCC(C)(C)CCC3CCC12. The highest BCUT2D eigenvalue weighted by atomic mass is 14.5. The van der Waals surface area contributed by atoms with Crippen LogP contribution in [0.15, 0.2) is 11.6 Å². The molecule has 0 aromatic heterocycles. The number of fused-ring (bicyclic) bond motifs is 3. The molecule has 3 rings (SSSR count). The van der Waals surface area contributed by atoms with Crippen molar-refractivity contribution in [3.63, 3.8) is 0 Å². The molecule has 0 aliphatic heterocycles. The van der Waals surface area contributed by atoms with Crippen molar-refractivity contribution in [3.8, 4) is 0 Å². The molecule has 0 bridgehead atoms. The highest BCUT2D eigenvalue weighted by molar-refractivity contribution is 5.24. The quantitative estimate of drug-likeness (QED) is 0.470. The third-order valence-electron chi connectivity index (χ3n) is 6.83. The van der Waals surface area contributed by atoms with E-state index in [-0.39, 0.29) is 0 Å². The van der Waals surface area contributed by atoms with Crippen molar-refractivity contribution in [1.82, 2.24) is 0 Å². The fraction of sp³-hybridized carbons (Fsp3) is 0.895. The molecule has 0 radical (unpaired) electrons. The molecule has 4 atom stereocenters. The van der Waals surface area contributed by atoms with Gasteiger partial charge in [-0.1, -0.05) is 52.2 Å². The van der Waals surface area contributed by atoms with Gasteiger partial charge in [-0.3, -0.25) is 0 Å². The summed E-state index contributed by atoms with van der Waals surface area (Å²) >= 11 is 0. The molecule has 19 heavy (non-hydrogen) atoms. The maximum absolute atomic E-state index is 2.70. The zero-order chi connectivity index (χ0) is 13.7. The Hall–Kier alpha value is -0.260. The topological polar surface area (TPSA) is 0 Å². The molecule has 0 N–H and O–H groups in total. The second kappa shape index (κ2) is 4.64. The third kappa shape index (κ3) is 2.30. The first-order chi connectivity index (χ1) is 8.92. The molecule has 0 heteroatoms. The smallest absolute Gasteiger partial charge is 0.00828 e. The van der Waals surface area contributed by atoms with E-state index in [1.807, 2.05) is 5.57 Å². The van der Waals surface area contributed by atoms with Crippen LogP contribution >= 0.6 is 0 Å². The molecule has 2 fully saturated rings. The van der Waals surface area contributed by atoms with E-state index in [9.17, 15) is 0 Å². The first-order valence-corrected chi connectivity index (χ1v) is 8.63. The van der Waals surface area contributed by atoms with Gasteiger partial charge in [-0.15, -0.1) is 0 Å². The van der Waals surface area contributed by atoms with Crippen LogP contribution in [0.3, 0.4) is 0 Å². The summed E-state index contributed by atoms with van der Waals surface area (Å²) in [5, 5.41) is 0. The zero-order valence-electron chi connectivity index (χ0n) is 13.5. The monoisotopic (exact) mass is 260 g/mol. The summed E-state index contributed by atoms with van der Waals surface area (Å²) in [5.74, 6) is 2.86. The minimum Gasteiger partial charge on any atom is -0.0840 e. The Kier molecular flexibility index (Phi) is 3.35. The molecule has 0 saturated heterocycles. The summed E-state index contributed by atoms with van der Waals surface area (Å²) in [4.78, 5) is 0. The van der Waals surface area contributed by atoms with Crippen molar-refractivity contribution in [2.24, 2.45) is 28.6 Å². The predicted octanol–water partition coefficient (Wildman–Crippen LogP) is 5.98. The predicted molar refractivity (Wildman–Crippen MR) is 83.1 cm³/mol. The number of rotatable bonds is 0. The zero-order valence-corrected chi connectivity index (χ0v) is 13.5. The van der Waals surface area contributed by atoms with Crippen molar-refractivity contribution >= 4 is 0 Å². The van der Waals surface area contributed by atoms with Crippen LogP contribution < -0.4 is 0 Å². The molecule has 2 saturated carbocycles.